The first-order valence-electron chi connectivity index (χ1n) is 3.43. The first kappa shape index (κ1) is 11.6. The summed E-state index contributed by atoms with van der Waals surface area (Å²) in [6.07, 6.45) is -0.955. The monoisotopic (exact) mass is 302 g/mol. The van der Waals surface area contributed by atoms with Crippen LogP contribution in [0, 0.1) is 0 Å². The molecule has 5 heteroatoms. The van der Waals surface area contributed by atoms with Gasteiger partial charge in [0.15, 0.2) is 0 Å². The molecule has 0 fully saturated rings. The van der Waals surface area contributed by atoms with Gasteiger partial charge in [-0.25, -0.2) is 0 Å². The number of alkyl halides is 2. The van der Waals surface area contributed by atoms with Gasteiger partial charge in [-0.1, -0.05) is 33.6 Å². The van der Waals surface area contributed by atoms with E-state index < -0.39 is 10.9 Å². The molecule has 0 aliphatic rings. The van der Waals surface area contributed by atoms with Gasteiger partial charge in [0.1, 0.15) is 10.9 Å². The van der Waals surface area contributed by atoms with E-state index in [0.717, 1.165) is 4.47 Å². The van der Waals surface area contributed by atoms with E-state index in [4.69, 9.17) is 34.8 Å². The lowest BCUT2D eigenvalue weighted by Gasteiger charge is -2.13. The number of rotatable bonds is 2. The summed E-state index contributed by atoms with van der Waals surface area (Å²) in [5.74, 6) is 0. The molecule has 1 nitrogen and oxygen atoms in total. The average Bonchev–Trinajstić information content (AvgIpc) is 2.03. The molecular weight excluding hydrogens is 298 g/mol. The van der Waals surface area contributed by atoms with Gasteiger partial charge >= 0.3 is 0 Å². The van der Waals surface area contributed by atoms with Gasteiger partial charge in [-0.15, -0.1) is 23.2 Å². The summed E-state index contributed by atoms with van der Waals surface area (Å²) in [5, 5.41) is 9.94. The van der Waals surface area contributed by atoms with Crippen LogP contribution in [0.15, 0.2) is 22.7 Å². The molecule has 1 rings (SSSR count). The van der Waals surface area contributed by atoms with Crippen LogP contribution < -0.4 is 0 Å². The highest BCUT2D eigenvalue weighted by Gasteiger charge is 2.18. The lowest BCUT2D eigenvalue weighted by molar-refractivity contribution is 0.193. The quantitative estimate of drug-likeness (QED) is 0.821. The highest BCUT2D eigenvalue weighted by atomic mass is 79.9. The van der Waals surface area contributed by atoms with Crippen molar-refractivity contribution in [3.05, 3.63) is 33.3 Å². The molecule has 1 unspecified atom stereocenters. The maximum Gasteiger partial charge on any atom is 0.137 e. The Kier molecular flexibility index (Phi) is 4.33. The Morgan fingerprint density at radius 1 is 1.31 bits per heavy atom. The largest absolute Gasteiger partial charge is 0.386 e. The molecule has 0 spiro atoms. The number of hydrogen-bond donors (Lipinski definition) is 1. The molecule has 72 valence electrons. The molecule has 0 aliphatic carbocycles. The van der Waals surface area contributed by atoms with Crippen LogP contribution in [-0.2, 0) is 0 Å². The van der Waals surface area contributed by atoms with Gasteiger partial charge in [-0.05, 0) is 12.1 Å². The maximum atomic E-state index is 9.51. The summed E-state index contributed by atoms with van der Waals surface area (Å²) in [6, 6.07) is 5.12. The van der Waals surface area contributed by atoms with E-state index in [0.29, 0.717) is 10.6 Å². The third kappa shape index (κ3) is 3.00. The Balaban J connectivity index is 3.01. The smallest absolute Gasteiger partial charge is 0.137 e. The van der Waals surface area contributed by atoms with Crippen molar-refractivity contribution in [1.29, 1.82) is 0 Å². The summed E-state index contributed by atoms with van der Waals surface area (Å²) in [7, 11) is 0. The van der Waals surface area contributed by atoms with E-state index in [1.165, 1.54) is 0 Å². The normalized spacial score (nSPS) is 13.4. The zero-order chi connectivity index (χ0) is 10.0. The van der Waals surface area contributed by atoms with Gasteiger partial charge in [0.25, 0.3) is 0 Å². The fraction of sp³-hybridized carbons (Fsp3) is 0.250. The SMILES string of the molecule is OC(c1ccc(Br)cc1Cl)C(Cl)Cl. The number of aliphatic hydroxyl groups excluding tert-OH is 1. The van der Waals surface area contributed by atoms with E-state index in [2.05, 4.69) is 15.9 Å². The first-order valence-corrected chi connectivity index (χ1v) is 5.48. The maximum absolute atomic E-state index is 9.51. The summed E-state index contributed by atoms with van der Waals surface area (Å²) in [4.78, 5) is -0.876. The second kappa shape index (κ2) is 4.85. The minimum atomic E-state index is -0.955. The van der Waals surface area contributed by atoms with Crippen LogP contribution in [0.2, 0.25) is 5.02 Å². The molecule has 0 aliphatic heterocycles. The third-order valence-corrected chi connectivity index (χ3v) is 2.82. The molecule has 1 atom stereocenters. The predicted octanol–water partition coefficient (Wildman–Crippen LogP) is 3.94. The van der Waals surface area contributed by atoms with Crippen LogP contribution in [0.1, 0.15) is 11.7 Å². The van der Waals surface area contributed by atoms with Crippen LogP contribution in [0.25, 0.3) is 0 Å². The van der Waals surface area contributed by atoms with Crippen molar-refractivity contribution < 1.29 is 5.11 Å². The molecule has 1 N–H and O–H groups in total. The van der Waals surface area contributed by atoms with Gasteiger partial charge in [0.2, 0.25) is 0 Å². The Bertz CT molecular complexity index is 303. The van der Waals surface area contributed by atoms with E-state index in [-0.39, 0.29) is 0 Å². The van der Waals surface area contributed by atoms with Crippen LogP contribution in [0.5, 0.6) is 0 Å². The molecule has 1 aromatic rings. The Labute approximate surface area is 99.7 Å². The van der Waals surface area contributed by atoms with Crippen LogP contribution in [0.3, 0.4) is 0 Å². The zero-order valence-corrected chi connectivity index (χ0v) is 10.2. The standard InChI is InChI=1S/C8H6BrCl3O/c9-4-1-2-5(6(10)3-4)7(13)8(11)12/h1-3,7-8,13H. The highest BCUT2D eigenvalue weighted by Crippen LogP contribution is 2.31. The topological polar surface area (TPSA) is 20.2 Å². The molecule has 13 heavy (non-hydrogen) atoms. The lowest BCUT2D eigenvalue weighted by atomic mass is 10.1. The van der Waals surface area contributed by atoms with Crippen LogP contribution in [0.4, 0.5) is 0 Å². The van der Waals surface area contributed by atoms with Gasteiger partial charge in [-0.3, -0.25) is 0 Å². The predicted molar refractivity (Wildman–Crippen MR) is 59.6 cm³/mol. The Morgan fingerprint density at radius 2 is 1.92 bits per heavy atom. The number of hydrogen-bond acceptors (Lipinski definition) is 1. The van der Waals surface area contributed by atoms with Crippen molar-refractivity contribution in [1.82, 2.24) is 0 Å². The van der Waals surface area contributed by atoms with Gasteiger partial charge < -0.3 is 5.11 Å². The van der Waals surface area contributed by atoms with Gasteiger partial charge in [0, 0.05) is 15.1 Å². The van der Waals surface area contributed by atoms with Crippen molar-refractivity contribution >= 4 is 50.7 Å². The van der Waals surface area contributed by atoms with Crippen LogP contribution in [-0.4, -0.2) is 9.94 Å². The molecule has 1 aromatic carbocycles. The summed E-state index contributed by atoms with van der Waals surface area (Å²) < 4.78 is 0.842. The van der Waals surface area contributed by atoms with E-state index >= 15 is 0 Å². The van der Waals surface area contributed by atoms with E-state index in [1.54, 1.807) is 18.2 Å². The second-order valence-electron chi connectivity index (χ2n) is 2.45. The minimum Gasteiger partial charge on any atom is -0.386 e. The zero-order valence-electron chi connectivity index (χ0n) is 6.35. The number of aliphatic hydroxyl groups is 1. The summed E-state index contributed by atoms with van der Waals surface area (Å²) in [6.45, 7) is 0. The van der Waals surface area contributed by atoms with E-state index in [9.17, 15) is 5.11 Å². The molecule has 0 saturated carbocycles. The molecule has 0 amide bonds. The Morgan fingerprint density at radius 3 is 2.38 bits per heavy atom. The molecule has 0 aromatic heterocycles. The summed E-state index contributed by atoms with van der Waals surface area (Å²) in [5.41, 5.74) is 0.528. The van der Waals surface area contributed by atoms with Crippen molar-refractivity contribution in [3.63, 3.8) is 0 Å². The third-order valence-electron chi connectivity index (χ3n) is 1.52. The fourth-order valence-electron chi connectivity index (χ4n) is 0.877. The van der Waals surface area contributed by atoms with Crippen molar-refractivity contribution in [2.75, 3.05) is 0 Å². The lowest BCUT2D eigenvalue weighted by Crippen LogP contribution is -2.06. The minimum absolute atomic E-state index is 0.438. The van der Waals surface area contributed by atoms with Crippen molar-refractivity contribution in [2.24, 2.45) is 0 Å². The first-order chi connectivity index (χ1) is 6.02. The van der Waals surface area contributed by atoms with Gasteiger partial charge in [-0.2, -0.15) is 0 Å². The number of halogens is 4. The van der Waals surface area contributed by atoms with Crippen LogP contribution >= 0.6 is 50.7 Å². The second-order valence-corrected chi connectivity index (χ2v) is 4.93. The molecule has 0 heterocycles. The molecule has 0 radical (unpaired) electrons. The fourth-order valence-corrected chi connectivity index (χ4v) is 1.93. The molecule has 0 bridgehead atoms. The number of benzene rings is 1. The van der Waals surface area contributed by atoms with Gasteiger partial charge in [0.05, 0.1) is 0 Å². The van der Waals surface area contributed by atoms with Crippen molar-refractivity contribution in [3.8, 4) is 0 Å². The van der Waals surface area contributed by atoms with E-state index in [1.807, 2.05) is 0 Å². The Hall–Kier alpha value is 0.530. The van der Waals surface area contributed by atoms with Crippen molar-refractivity contribution in [2.45, 2.75) is 10.9 Å². The summed E-state index contributed by atoms with van der Waals surface area (Å²) >= 11 is 20.2. The highest BCUT2D eigenvalue weighted by molar-refractivity contribution is 9.10. The molecular formula is C8H6BrCl3O. The molecule has 0 saturated heterocycles. The average molecular weight is 304 g/mol.